The zero-order valence-electron chi connectivity index (χ0n) is 9.24. The maximum atomic E-state index is 5.61. The van der Waals surface area contributed by atoms with Crippen molar-refractivity contribution >= 4 is 5.69 Å². The first-order chi connectivity index (χ1) is 6.76. The molecule has 0 saturated carbocycles. The number of hydrogen-bond donors (Lipinski definition) is 1. The molecule has 0 saturated heterocycles. The van der Waals surface area contributed by atoms with Crippen molar-refractivity contribution in [2.24, 2.45) is 5.92 Å². The van der Waals surface area contributed by atoms with Crippen LogP contribution in [0.2, 0.25) is 0 Å². The van der Waals surface area contributed by atoms with Gasteiger partial charge in [0.15, 0.2) is 0 Å². The third-order valence-electron chi connectivity index (χ3n) is 2.64. The molecule has 1 aromatic heterocycles. The molecule has 80 valence electrons. The van der Waals surface area contributed by atoms with E-state index in [-0.39, 0.29) is 0 Å². The summed E-state index contributed by atoms with van der Waals surface area (Å²) in [4.78, 5) is 0. The zero-order chi connectivity index (χ0) is 10.4. The lowest BCUT2D eigenvalue weighted by Gasteiger charge is -2.13. The monoisotopic (exact) mass is 195 g/mol. The summed E-state index contributed by atoms with van der Waals surface area (Å²) in [6.45, 7) is 5.49. The molecule has 0 radical (unpaired) electrons. The molecule has 1 aromatic rings. The molecule has 0 aliphatic heterocycles. The molecule has 0 fully saturated rings. The minimum absolute atomic E-state index is 0.745. The van der Waals surface area contributed by atoms with E-state index >= 15 is 0 Å². The normalized spacial score (nSPS) is 13.0. The molecular formula is C11H21N3. The average molecular weight is 195 g/mol. The molecule has 2 N–H and O–H groups in total. The Kier molecular flexibility index (Phi) is 4.50. The van der Waals surface area contributed by atoms with Gasteiger partial charge in [0.05, 0.1) is 11.9 Å². The largest absolute Gasteiger partial charge is 0.396 e. The second-order valence-electron chi connectivity index (χ2n) is 3.91. The van der Waals surface area contributed by atoms with Crippen molar-refractivity contribution in [3.8, 4) is 0 Å². The highest BCUT2D eigenvalue weighted by molar-refractivity contribution is 5.30. The summed E-state index contributed by atoms with van der Waals surface area (Å²) in [6.07, 6.45) is 8.74. The average Bonchev–Trinajstić information content (AvgIpc) is 2.58. The van der Waals surface area contributed by atoms with Crippen LogP contribution >= 0.6 is 0 Å². The van der Waals surface area contributed by atoms with Crippen molar-refractivity contribution < 1.29 is 0 Å². The van der Waals surface area contributed by atoms with Gasteiger partial charge in [0, 0.05) is 12.7 Å². The smallest absolute Gasteiger partial charge is 0.0719 e. The van der Waals surface area contributed by atoms with Gasteiger partial charge in [-0.3, -0.25) is 4.68 Å². The fourth-order valence-corrected chi connectivity index (χ4v) is 1.66. The molecule has 1 atom stereocenters. The highest BCUT2D eigenvalue weighted by atomic mass is 15.3. The van der Waals surface area contributed by atoms with E-state index in [4.69, 9.17) is 5.73 Å². The summed E-state index contributed by atoms with van der Waals surface area (Å²) in [5.41, 5.74) is 6.37. The molecule has 0 amide bonds. The Bertz CT molecular complexity index is 255. The SMILES string of the molecule is CCCC[C@@H](CC)Cn1cc(N)cn1. The zero-order valence-corrected chi connectivity index (χ0v) is 9.24. The van der Waals surface area contributed by atoms with Crippen LogP contribution < -0.4 is 5.73 Å². The van der Waals surface area contributed by atoms with E-state index in [0.29, 0.717) is 0 Å². The van der Waals surface area contributed by atoms with E-state index in [2.05, 4.69) is 18.9 Å². The van der Waals surface area contributed by atoms with Crippen LogP contribution in [0.1, 0.15) is 39.5 Å². The van der Waals surface area contributed by atoms with Crippen molar-refractivity contribution in [3.63, 3.8) is 0 Å². The Morgan fingerprint density at radius 1 is 1.50 bits per heavy atom. The number of rotatable bonds is 6. The number of hydrogen-bond acceptors (Lipinski definition) is 2. The quantitative estimate of drug-likeness (QED) is 0.758. The third kappa shape index (κ3) is 3.40. The predicted octanol–water partition coefficient (Wildman–Crippen LogP) is 2.68. The van der Waals surface area contributed by atoms with Crippen LogP contribution in [-0.4, -0.2) is 9.78 Å². The lowest BCUT2D eigenvalue weighted by Crippen LogP contribution is -2.10. The topological polar surface area (TPSA) is 43.8 Å². The number of aromatic nitrogens is 2. The van der Waals surface area contributed by atoms with Crippen LogP contribution in [0.15, 0.2) is 12.4 Å². The minimum Gasteiger partial charge on any atom is -0.396 e. The van der Waals surface area contributed by atoms with Crippen LogP contribution in [0.25, 0.3) is 0 Å². The first kappa shape index (κ1) is 11.1. The van der Waals surface area contributed by atoms with Gasteiger partial charge in [0.2, 0.25) is 0 Å². The summed E-state index contributed by atoms with van der Waals surface area (Å²) < 4.78 is 1.96. The predicted molar refractivity (Wildman–Crippen MR) is 59.9 cm³/mol. The summed E-state index contributed by atoms with van der Waals surface area (Å²) in [7, 11) is 0. The van der Waals surface area contributed by atoms with Gasteiger partial charge in [-0.1, -0.05) is 33.1 Å². The lowest BCUT2D eigenvalue weighted by molar-refractivity contribution is 0.372. The van der Waals surface area contributed by atoms with Crippen LogP contribution in [0.4, 0.5) is 5.69 Å². The number of nitrogen functional groups attached to an aromatic ring is 1. The molecule has 1 rings (SSSR count). The summed E-state index contributed by atoms with van der Waals surface area (Å²) >= 11 is 0. The summed E-state index contributed by atoms with van der Waals surface area (Å²) in [5.74, 6) is 0.745. The second-order valence-corrected chi connectivity index (χ2v) is 3.91. The van der Waals surface area contributed by atoms with Crippen LogP contribution in [0, 0.1) is 5.92 Å². The van der Waals surface area contributed by atoms with Crippen molar-refractivity contribution in [3.05, 3.63) is 12.4 Å². The Labute approximate surface area is 86.3 Å². The first-order valence-electron chi connectivity index (χ1n) is 5.54. The molecule has 0 aliphatic rings. The number of nitrogens with two attached hydrogens (primary N) is 1. The highest BCUT2D eigenvalue weighted by Crippen LogP contribution is 2.15. The van der Waals surface area contributed by atoms with E-state index < -0.39 is 0 Å². The fourth-order valence-electron chi connectivity index (χ4n) is 1.66. The Balaban J connectivity index is 2.40. The lowest BCUT2D eigenvalue weighted by atomic mass is 10.00. The summed E-state index contributed by atoms with van der Waals surface area (Å²) in [6, 6.07) is 0. The van der Waals surface area contributed by atoms with Gasteiger partial charge in [0.25, 0.3) is 0 Å². The van der Waals surface area contributed by atoms with Gasteiger partial charge >= 0.3 is 0 Å². The minimum atomic E-state index is 0.745. The van der Waals surface area contributed by atoms with E-state index in [0.717, 1.165) is 18.2 Å². The number of unbranched alkanes of at least 4 members (excludes halogenated alkanes) is 1. The molecule has 0 unspecified atom stereocenters. The molecule has 14 heavy (non-hydrogen) atoms. The van der Waals surface area contributed by atoms with Crippen LogP contribution in [-0.2, 0) is 6.54 Å². The first-order valence-corrected chi connectivity index (χ1v) is 5.54. The van der Waals surface area contributed by atoms with Crippen LogP contribution in [0.3, 0.4) is 0 Å². The maximum Gasteiger partial charge on any atom is 0.0719 e. The van der Waals surface area contributed by atoms with Gasteiger partial charge in [-0.25, -0.2) is 0 Å². The molecule has 3 nitrogen and oxygen atoms in total. The Morgan fingerprint density at radius 3 is 2.79 bits per heavy atom. The van der Waals surface area contributed by atoms with Gasteiger partial charge < -0.3 is 5.73 Å². The molecular weight excluding hydrogens is 174 g/mol. The number of nitrogens with zero attached hydrogens (tertiary/aromatic N) is 2. The van der Waals surface area contributed by atoms with E-state index in [1.54, 1.807) is 6.20 Å². The van der Waals surface area contributed by atoms with Crippen molar-refractivity contribution in [2.75, 3.05) is 5.73 Å². The van der Waals surface area contributed by atoms with Crippen molar-refractivity contribution in [1.29, 1.82) is 0 Å². The molecule has 0 spiro atoms. The van der Waals surface area contributed by atoms with Crippen LogP contribution in [0.5, 0.6) is 0 Å². The number of anilines is 1. The van der Waals surface area contributed by atoms with Gasteiger partial charge in [0.1, 0.15) is 0 Å². The van der Waals surface area contributed by atoms with E-state index in [9.17, 15) is 0 Å². The maximum absolute atomic E-state index is 5.61. The molecule has 0 bridgehead atoms. The molecule has 3 heteroatoms. The van der Waals surface area contributed by atoms with Gasteiger partial charge in [-0.15, -0.1) is 0 Å². The van der Waals surface area contributed by atoms with Gasteiger partial charge in [-0.05, 0) is 12.3 Å². The summed E-state index contributed by atoms with van der Waals surface area (Å²) in [5, 5.41) is 4.20. The fraction of sp³-hybridized carbons (Fsp3) is 0.727. The van der Waals surface area contributed by atoms with E-state index in [1.165, 1.54) is 25.7 Å². The highest BCUT2D eigenvalue weighted by Gasteiger charge is 2.07. The van der Waals surface area contributed by atoms with E-state index in [1.807, 2.05) is 10.9 Å². The van der Waals surface area contributed by atoms with Gasteiger partial charge in [-0.2, -0.15) is 5.10 Å². The standard InChI is InChI=1S/C11H21N3/c1-3-5-6-10(4-2)8-14-9-11(12)7-13-14/h7,9-10H,3-6,8,12H2,1-2H3/t10-/m1/s1. The third-order valence-corrected chi connectivity index (χ3v) is 2.64. The Morgan fingerprint density at radius 2 is 2.29 bits per heavy atom. The van der Waals surface area contributed by atoms with Crippen molar-refractivity contribution in [2.45, 2.75) is 46.1 Å². The molecule has 1 heterocycles. The van der Waals surface area contributed by atoms with Crippen molar-refractivity contribution in [1.82, 2.24) is 9.78 Å². The molecule has 0 aromatic carbocycles. The second kappa shape index (κ2) is 5.68. The Hall–Kier alpha value is -0.990. The molecule has 0 aliphatic carbocycles.